The van der Waals surface area contributed by atoms with E-state index >= 15 is 0 Å². The van der Waals surface area contributed by atoms with Crippen molar-refractivity contribution in [1.82, 2.24) is 4.90 Å². The molecule has 13 heavy (non-hydrogen) atoms. The second-order valence-electron chi connectivity index (χ2n) is 3.74. The number of carboxylic acids is 1. The summed E-state index contributed by atoms with van der Waals surface area (Å²) in [6, 6.07) is -0.0499. The lowest BCUT2D eigenvalue weighted by Gasteiger charge is -2.09. The van der Waals surface area contributed by atoms with Crippen LogP contribution in [0.2, 0.25) is 0 Å². The number of sulfone groups is 1. The monoisotopic (exact) mass is 205 g/mol. The van der Waals surface area contributed by atoms with Gasteiger partial charge in [0.1, 0.15) is 5.88 Å². The van der Waals surface area contributed by atoms with Crippen LogP contribution in [-0.4, -0.2) is 48.6 Å². The smallest absolute Gasteiger partial charge is 0.307 e. The van der Waals surface area contributed by atoms with Crippen LogP contribution in [0.25, 0.3) is 0 Å². The number of aliphatic carboxylic acids is 1. The molecule has 0 bridgehead atoms. The van der Waals surface area contributed by atoms with E-state index in [0.717, 1.165) is 0 Å². The van der Waals surface area contributed by atoms with Gasteiger partial charge in [0.25, 0.3) is 0 Å². The molecule has 2 heterocycles. The Morgan fingerprint density at radius 2 is 2.15 bits per heavy atom. The second kappa shape index (κ2) is 2.68. The van der Waals surface area contributed by atoms with E-state index in [2.05, 4.69) is 0 Å². The van der Waals surface area contributed by atoms with Gasteiger partial charge in [0.15, 0.2) is 9.84 Å². The Kier molecular flexibility index (Phi) is 1.85. The number of carboxylic acid groups (broad SMARTS) is 1. The molecule has 2 saturated heterocycles. The average Bonchev–Trinajstić information content (AvgIpc) is 2.39. The van der Waals surface area contributed by atoms with Crippen LogP contribution in [0, 0.1) is 5.92 Å². The zero-order valence-corrected chi connectivity index (χ0v) is 7.83. The molecule has 0 aromatic rings. The van der Waals surface area contributed by atoms with Gasteiger partial charge in [-0.25, -0.2) is 8.42 Å². The summed E-state index contributed by atoms with van der Waals surface area (Å²) in [5, 5.41) is 8.72. The number of carbonyl (C=O) groups is 1. The SMILES string of the molecule is O=C(O)C1CC2CS(=O)(=O)CN2C1. The fraction of sp³-hybridized carbons (Fsp3) is 0.857. The lowest BCUT2D eigenvalue weighted by atomic mass is 10.1. The first-order chi connectivity index (χ1) is 5.98. The molecule has 2 fully saturated rings. The first-order valence-corrected chi connectivity index (χ1v) is 5.97. The van der Waals surface area contributed by atoms with Crippen molar-refractivity contribution in [3.8, 4) is 0 Å². The summed E-state index contributed by atoms with van der Waals surface area (Å²) in [6.07, 6.45) is 0.481. The normalized spacial score (nSPS) is 37.5. The summed E-state index contributed by atoms with van der Waals surface area (Å²) in [7, 11) is -2.92. The third kappa shape index (κ3) is 1.55. The third-order valence-corrected chi connectivity index (χ3v) is 4.30. The number of hydrogen-bond donors (Lipinski definition) is 1. The van der Waals surface area contributed by atoms with Gasteiger partial charge in [-0.2, -0.15) is 0 Å². The minimum absolute atomic E-state index is 0.0431. The number of rotatable bonds is 1. The van der Waals surface area contributed by atoms with Crippen molar-refractivity contribution >= 4 is 15.8 Å². The Hall–Kier alpha value is -0.620. The minimum Gasteiger partial charge on any atom is -0.481 e. The summed E-state index contributed by atoms with van der Waals surface area (Å²) < 4.78 is 22.3. The van der Waals surface area contributed by atoms with E-state index in [1.807, 2.05) is 0 Å². The molecule has 0 aromatic heterocycles. The van der Waals surface area contributed by atoms with Crippen molar-refractivity contribution in [1.29, 1.82) is 0 Å². The predicted molar refractivity (Wildman–Crippen MR) is 44.9 cm³/mol. The highest BCUT2D eigenvalue weighted by Crippen LogP contribution is 2.29. The molecule has 0 saturated carbocycles. The zero-order chi connectivity index (χ0) is 9.64. The van der Waals surface area contributed by atoms with Crippen molar-refractivity contribution in [2.45, 2.75) is 12.5 Å². The molecule has 2 aliphatic heterocycles. The van der Waals surface area contributed by atoms with Gasteiger partial charge in [-0.05, 0) is 6.42 Å². The fourth-order valence-electron chi connectivity index (χ4n) is 2.09. The first-order valence-electron chi connectivity index (χ1n) is 4.15. The third-order valence-electron chi connectivity index (χ3n) is 2.69. The summed E-state index contributed by atoms with van der Waals surface area (Å²) >= 11 is 0. The van der Waals surface area contributed by atoms with Crippen LogP contribution in [0.1, 0.15) is 6.42 Å². The van der Waals surface area contributed by atoms with E-state index in [9.17, 15) is 13.2 Å². The highest BCUT2D eigenvalue weighted by atomic mass is 32.2. The van der Waals surface area contributed by atoms with E-state index < -0.39 is 15.8 Å². The molecule has 2 unspecified atom stereocenters. The topological polar surface area (TPSA) is 74.7 Å². The van der Waals surface area contributed by atoms with Gasteiger partial charge in [-0.1, -0.05) is 0 Å². The van der Waals surface area contributed by atoms with E-state index in [4.69, 9.17) is 5.11 Å². The van der Waals surface area contributed by atoms with Crippen LogP contribution in [0.4, 0.5) is 0 Å². The van der Waals surface area contributed by atoms with Crippen LogP contribution in [-0.2, 0) is 14.6 Å². The lowest BCUT2D eigenvalue weighted by molar-refractivity contribution is -0.141. The molecule has 0 radical (unpaired) electrons. The maximum Gasteiger partial charge on any atom is 0.307 e. The summed E-state index contributed by atoms with van der Waals surface area (Å²) in [5.74, 6) is -1.01. The molecular weight excluding hydrogens is 194 g/mol. The predicted octanol–water partition coefficient (Wildman–Crippen LogP) is -0.853. The Labute approximate surface area is 76.3 Å². The van der Waals surface area contributed by atoms with Gasteiger partial charge in [0, 0.05) is 12.6 Å². The standard InChI is InChI=1S/C7H11NO4S/c9-7(10)5-1-6-3-13(11,12)4-8(6)2-5/h5-6H,1-4H2,(H,9,10). The zero-order valence-electron chi connectivity index (χ0n) is 7.01. The van der Waals surface area contributed by atoms with Crippen molar-refractivity contribution in [2.24, 2.45) is 5.92 Å². The largest absolute Gasteiger partial charge is 0.481 e. The molecule has 0 aliphatic carbocycles. The molecule has 2 aliphatic rings. The Balaban J connectivity index is 2.09. The van der Waals surface area contributed by atoms with Gasteiger partial charge < -0.3 is 5.11 Å². The lowest BCUT2D eigenvalue weighted by Crippen LogP contribution is -2.25. The highest BCUT2D eigenvalue weighted by molar-refractivity contribution is 7.91. The van der Waals surface area contributed by atoms with Gasteiger partial charge in [-0.15, -0.1) is 0 Å². The first kappa shape index (κ1) is 8.96. The van der Waals surface area contributed by atoms with E-state index in [0.29, 0.717) is 13.0 Å². The molecule has 2 rings (SSSR count). The van der Waals surface area contributed by atoms with Gasteiger partial charge >= 0.3 is 5.97 Å². The van der Waals surface area contributed by atoms with Gasteiger partial charge in [0.05, 0.1) is 11.7 Å². The van der Waals surface area contributed by atoms with Crippen molar-refractivity contribution < 1.29 is 18.3 Å². The van der Waals surface area contributed by atoms with Crippen molar-refractivity contribution in [3.63, 3.8) is 0 Å². The molecule has 1 N–H and O–H groups in total. The van der Waals surface area contributed by atoms with Gasteiger partial charge in [0.2, 0.25) is 0 Å². The molecule has 2 atom stereocenters. The van der Waals surface area contributed by atoms with Crippen LogP contribution in [0.15, 0.2) is 0 Å². The molecule has 6 heteroatoms. The quantitative estimate of drug-likeness (QED) is 0.603. The van der Waals surface area contributed by atoms with E-state index in [1.54, 1.807) is 4.90 Å². The molecule has 74 valence electrons. The van der Waals surface area contributed by atoms with Crippen LogP contribution in [0.5, 0.6) is 0 Å². The highest BCUT2D eigenvalue weighted by Gasteiger charge is 2.44. The maximum atomic E-state index is 11.1. The number of fused-ring (bicyclic) bond motifs is 1. The van der Waals surface area contributed by atoms with E-state index in [-0.39, 0.29) is 23.6 Å². The minimum atomic E-state index is -2.92. The second-order valence-corrected chi connectivity index (χ2v) is 5.81. The summed E-state index contributed by atoms with van der Waals surface area (Å²) in [6.45, 7) is 0.388. The van der Waals surface area contributed by atoms with Gasteiger partial charge in [-0.3, -0.25) is 9.69 Å². The van der Waals surface area contributed by atoms with Crippen molar-refractivity contribution in [3.05, 3.63) is 0 Å². The Morgan fingerprint density at radius 1 is 1.46 bits per heavy atom. The summed E-state index contributed by atoms with van der Waals surface area (Å²) in [4.78, 5) is 12.4. The van der Waals surface area contributed by atoms with Crippen LogP contribution in [0.3, 0.4) is 0 Å². The molecule has 0 amide bonds. The molecular formula is C7H11NO4S. The molecule has 0 spiro atoms. The Morgan fingerprint density at radius 3 is 2.69 bits per heavy atom. The van der Waals surface area contributed by atoms with E-state index in [1.165, 1.54) is 0 Å². The Bertz CT molecular complexity index is 316. The molecule has 5 nitrogen and oxygen atoms in total. The van der Waals surface area contributed by atoms with Crippen LogP contribution >= 0.6 is 0 Å². The van der Waals surface area contributed by atoms with Crippen molar-refractivity contribution in [2.75, 3.05) is 18.2 Å². The molecule has 0 aromatic carbocycles. The van der Waals surface area contributed by atoms with Crippen LogP contribution < -0.4 is 0 Å². The fourth-order valence-corrected chi connectivity index (χ4v) is 3.95. The number of hydrogen-bond acceptors (Lipinski definition) is 4. The number of nitrogens with zero attached hydrogens (tertiary/aromatic N) is 1. The average molecular weight is 205 g/mol. The maximum absolute atomic E-state index is 11.1. The summed E-state index contributed by atoms with van der Waals surface area (Å²) in [5.41, 5.74) is 0.